The Labute approximate surface area is 111 Å². The van der Waals surface area contributed by atoms with Crippen molar-refractivity contribution in [2.75, 3.05) is 4.90 Å². The second-order valence-electron chi connectivity index (χ2n) is 4.82. The first kappa shape index (κ1) is 11.6. The molecule has 18 heavy (non-hydrogen) atoms. The molecular weight excluding hydrogens is 250 g/mol. The van der Waals surface area contributed by atoms with Crippen LogP contribution < -0.4 is 4.90 Å². The van der Waals surface area contributed by atoms with Crippen molar-refractivity contribution >= 4 is 23.2 Å². The number of phenolic OH excluding ortho intramolecular Hbond substituents is 1. The largest absolute Gasteiger partial charge is 0.506 e. The number of rotatable bonds is 1. The second kappa shape index (κ2) is 4.32. The minimum atomic E-state index is 0.0265. The lowest BCUT2D eigenvalue weighted by Gasteiger charge is -2.30. The van der Waals surface area contributed by atoms with Crippen LogP contribution in [0, 0.1) is 0 Å². The zero-order valence-electron chi connectivity index (χ0n) is 9.90. The van der Waals surface area contributed by atoms with Gasteiger partial charge in [0.25, 0.3) is 5.91 Å². The van der Waals surface area contributed by atoms with Gasteiger partial charge < -0.3 is 10.0 Å². The van der Waals surface area contributed by atoms with Gasteiger partial charge >= 0.3 is 0 Å². The maximum Gasteiger partial charge on any atom is 0.251 e. The second-order valence-corrected chi connectivity index (χ2v) is 5.23. The Hall–Kier alpha value is -1.48. The van der Waals surface area contributed by atoms with Crippen LogP contribution in [0.5, 0.6) is 5.75 Å². The van der Waals surface area contributed by atoms with Crippen molar-refractivity contribution in [3.63, 3.8) is 0 Å². The summed E-state index contributed by atoms with van der Waals surface area (Å²) in [4.78, 5) is 13.9. The van der Waals surface area contributed by atoms with Crippen LogP contribution in [0.4, 0.5) is 5.69 Å². The predicted octanol–water partition coefficient (Wildman–Crippen LogP) is 3.26. The fourth-order valence-corrected chi connectivity index (χ4v) is 2.99. The lowest BCUT2D eigenvalue weighted by molar-refractivity contribution is -0.113. The Morgan fingerprint density at radius 2 is 2.17 bits per heavy atom. The molecule has 1 saturated carbocycles. The summed E-state index contributed by atoms with van der Waals surface area (Å²) in [5.74, 6) is 0.0718. The Balaban J connectivity index is 1.96. The van der Waals surface area contributed by atoms with Gasteiger partial charge in [0.2, 0.25) is 0 Å². The molecule has 0 radical (unpaired) electrons. The molecule has 94 valence electrons. The highest BCUT2D eigenvalue weighted by Gasteiger charge is 2.35. The van der Waals surface area contributed by atoms with E-state index in [1.54, 1.807) is 23.1 Å². The first-order chi connectivity index (χ1) is 8.66. The standard InChI is InChI=1S/C14H14ClNO2/c15-11-8-10(5-6-13(11)17)16-12-4-2-1-3-9(12)7-14(16)18/h5-8,12,17H,1-4H2. The third-order valence-electron chi connectivity index (χ3n) is 3.69. The van der Waals surface area contributed by atoms with Crippen molar-refractivity contribution < 1.29 is 9.90 Å². The highest BCUT2D eigenvalue weighted by Crippen LogP contribution is 2.37. The number of hydrogen-bond donors (Lipinski definition) is 1. The quantitative estimate of drug-likeness (QED) is 0.845. The van der Waals surface area contributed by atoms with Crippen LogP contribution in [0.1, 0.15) is 25.7 Å². The van der Waals surface area contributed by atoms with Crippen LogP contribution in [-0.2, 0) is 4.79 Å². The third kappa shape index (κ3) is 1.79. The third-order valence-corrected chi connectivity index (χ3v) is 3.99. The molecule has 1 aliphatic carbocycles. The van der Waals surface area contributed by atoms with E-state index in [4.69, 9.17) is 11.6 Å². The predicted molar refractivity (Wildman–Crippen MR) is 70.9 cm³/mol. The van der Waals surface area contributed by atoms with Crippen LogP contribution in [0.3, 0.4) is 0 Å². The molecular formula is C14H14ClNO2. The molecule has 1 unspecified atom stereocenters. The van der Waals surface area contributed by atoms with Gasteiger partial charge in [-0.25, -0.2) is 0 Å². The summed E-state index contributed by atoms with van der Waals surface area (Å²) in [5.41, 5.74) is 2.00. The van der Waals surface area contributed by atoms with Crippen molar-refractivity contribution in [3.05, 3.63) is 34.9 Å². The molecule has 1 atom stereocenters. The van der Waals surface area contributed by atoms with Gasteiger partial charge in [-0.2, -0.15) is 0 Å². The highest BCUT2D eigenvalue weighted by atomic mass is 35.5. The highest BCUT2D eigenvalue weighted by molar-refractivity contribution is 6.32. The molecule has 2 aliphatic rings. The van der Waals surface area contributed by atoms with E-state index in [-0.39, 0.29) is 22.7 Å². The van der Waals surface area contributed by atoms with Gasteiger partial charge in [0, 0.05) is 11.8 Å². The van der Waals surface area contributed by atoms with E-state index in [0.29, 0.717) is 0 Å². The molecule has 0 aromatic heterocycles. The number of anilines is 1. The van der Waals surface area contributed by atoms with E-state index < -0.39 is 0 Å². The van der Waals surface area contributed by atoms with E-state index >= 15 is 0 Å². The molecule has 3 rings (SSSR count). The number of halogens is 1. The van der Waals surface area contributed by atoms with Gasteiger partial charge in [-0.3, -0.25) is 4.79 Å². The number of benzene rings is 1. The summed E-state index contributed by atoms with van der Waals surface area (Å²) >= 11 is 5.91. The normalized spacial score (nSPS) is 22.9. The first-order valence-corrected chi connectivity index (χ1v) is 6.57. The van der Waals surface area contributed by atoms with Gasteiger partial charge in [0.05, 0.1) is 11.1 Å². The fourth-order valence-electron chi connectivity index (χ4n) is 2.82. The van der Waals surface area contributed by atoms with Crippen molar-refractivity contribution in [1.82, 2.24) is 0 Å². The first-order valence-electron chi connectivity index (χ1n) is 6.19. The molecule has 0 spiro atoms. The van der Waals surface area contributed by atoms with E-state index in [1.165, 1.54) is 18.1 Å². The van der Waals surface area contributed by atoms with Crippen LogP contribution in [0.25, 0.3) is 0 Å². The Bertz CT molecular complexity index is 539. The number of fused-ring (bicyclic) bond motifs is 1. The van der Waals surface area contributed by atoms with E-state index in [2.05, 4.69) is 0 Å². The smallest absolute Gasteiger partial charge is 0.251 e. The number of nitrogens with zero attached hydrogens (tertiary/aromatic N) is 1. The number of carbonyl (C=O) groups excluding carboxylic acids is 1. The van der Waals surface area contributed by atoms with Crippen LogP contribution in [-0.4, -0.2) is 17.1 Å². The molecule has 0 bridgehead atoms. The number of carbonyl (C=O) groups is 1. The van der Waals surface area contributed by atoms with Gasteiger partial charge in [-0.15, -0.1) is 0 Å². The lowest BCUT2D eigenvalue weighted by Crippen LogP contribution is -2.36. The average Bonchev–Trinajstić information content (AvgIpc) is 2.69. The number of amides is 1. The Morgan fingerprint density at radius 1 is 1.33 bits per heavy atom. The molecule has 1 N–H and O–H groups in total. The van der Waals surface area contributed by atoms with Crippen LogP contribution >= 0.6 is 11.6 Å². The Kier molecular flexibility index (Phi) is 2.78. The van der Waals surface area contributed by atoms with Crippen molar-refractivity contribution in [1.29, 1.82) is 0 Å². The van der Waals surface area contributed by atoms with E-state index in [0.717, 1.165) is 24.9 Å². The molecule has 1 fully saturated rings. The zero-order valence-corrected chi connectivity index (χ0v) is 10.7. The molecule has 4 heteroatoms. The number of phenols is 1. The molecule has 3 nitrogen and oxygen atoms in total. The summed E-state index contributed by atoms with van der Waals surface area (Å²) in [5, 5.41) is 9.72. The zero-order chi connectivity index (χ0) is 12.7. The molecule has 1 aromatic rings. The van der Waals surface area contributed by atoms with Crippen molar-refractivity contribution in [3.8, 4) is 5.75 Å². The average molecular weight is 264 g/mol. The van der Waals surface area contributed by atoms with Crippen LogP contribution in [0.2, 0.25) is 5.02 Å². The SMILES string of the molecule is O=C1C=C2CCCCC2N1c1ccc(O)c(Cl)c1. The van der Waals surface area contributed by atoms with Gasteiger partial charge in [0.15, 0.2) is 0 Å². The number of aromatic hydroxyl groups is 1. The van der Waals surface area contributed by atoms with Gasteiger partial charge in [0.1, 0.15) is 5.75 Å². The summed E-state index contributed by atoms with van der Waals surface area (Å²) in [7, 11) is 0. The summed E-state index contributed by atoms with van der Waals surface area (Å²) in [6.07, 6.45) is 6.09. The van der Waals surface area contributed by atoms with Crippen molar-refractivity contribution in [2.24, 2.45) is 0 Å². The lowest BCUT2D eigenvalue weighted by atomic mass is 9.91. The fraction of sp³-hybridized carbons (Fsp3) is 0.357. The summed E-state index contributed by atoms with van der Waals surface area (Å²) in [6, 6.07) is 5.11. The topological polar surface area (TPSA) is 40.5 Å². The summed E-state index contributed by atoms with van der Waals surface area (Å²) in [6.45, 7) is 0. The Morgan fingerprint density at radius 3 is 2.94 bits per heavy atom. The monoisotopic (exact) mass is 263 g/mol. The van der Waals surface area contributed by atoms with E-state index in [1.807, 2.05) is 0 Å². The minimum Gasteiger partial charge on any atom is -0.506 e. The molecule has 1 amide bonds. The van der Waals surface area contributed by atoms with Gasteiger partial charge in [-0.1, -0.05) is 18.0 Å². The van der Waals surface area contributed by atoms with Gasteiger partial charge in [-0.05, 0) is 43.0 Å². The number of hydrogen-bond acceptors (Lipinski definition) is 2. The van der Waals surface area contributed by atoms with E-state index in [9.17, 15) is 9.90 Å². The molecule has 1 aliphatic heterocycles. The van der Waals surface area contributed by atoms with Crippen molar-refractivity contribution in [2.45, 2.75) is 31.7 Å². The maximum atomic E-state index is 12.1. The molecule has 1 heterocycles. The maximum absolute atomic E-state index is 12.1. The van der Waals surface area contributed by atoms with Crippen LogP contribution in [0.15, 0.2) is 29.8 Å². The summed E-state index contributed by atoms with van der Waals surface area (Å²) < 4.78 is 0. The molecule has 0 saturated heterocycles. The molecule has 1 aromatic carbocycles. The minimum absolute atomic E-state index is 0.0265.